The Morgan fingerprint density at radius 3 is 2.71 bits per heavy atom. The van der Waals surface area contributed by atoms with Crippen LogP contribution in [0.15, 0.2) is 12.4 Å². The maximum Gasteiger partial charge on any atom is 0.389 e. The maximum absolute atomic E-state index is 11.9. The second-order valence-electron chi connectivity index (χ2n) is 4.14. The van der Waals surface area contributed by atoms with Crippen molar-refractivity contribution in [3.63, 3.8) is 0 Å². The van der Waals surface area contributed by atoms with Gasteiger partial charge in [-0.05, 0) is 26.7 Å². The van der Waals surface area contributed by atoms with Crippen molar-refractivity contribution in [3.05, 3.63) is 12.4 Å². The standard InChI is InChI=1S/C11H18F3N3/c1-3-17-8-10(7-15-17)16-9(2)5-4-6-11(12,13)14/h7-9,16H,3-6H2,1-2H3. The summed E-state index contributed by atoms with van der Waals surface area (Å²) in [6.45, 7) is 4.63. The fourth-order valence-corrected chi connectivity index (χ4v) is 1.58. The van der Waals surface area contributed by atoms with Crippen molar-refractivity contribution in [3.8, 4) is 0 Å². The van der Waals surface area contributed by atoms with E-state index in [2.05, 4.69) is 10.4 Å². The van der Waals surface area contributed by atoms with Gasteiger partial charge in [0.25, 0.3) is 0 Å². The molecule has 1 aromatic heterocycles. The van der Waals surface area contributed by atoms with Crippen LogP contribution in [0.5, 0.6) is 0 Å². The minimum Gasteiger partial charge on any atom is -0.380 e. The molecular weight excluding hydrogens is 231 g/mol. The van der Waals surface area contributed by atoms with E-state index in [-0.39, 0.29) is 12.5 Å². The number of rotatable bonds is 6. The van der Waals surface area contributed by atoms with Crippen LogP contribution in [-0.4, -0.2) is 22.0 Å². The highest BCUT2D eigenvalue weighted by atomic mass is 19.4. The molecule has 1 rings (SSSR count). The number of anilines is 1. The molecule has 17 heavy (non-hydrogen) atoms. The second-order valence-corrected chi connectivity index (χ2v) is 4.14. The molecule has 0 fully saturated rings. The number of halogens is 3. The van der Waals surface area contributed by atoms with Gasteiger partial charge >= 0.3 is 6.18 Å². The van der Waals surface area contributed by atoms with Gasteiger partial charge in [-0.2, -0.15) is 18.3 Å². The Morgan fingerprint density at radius 1 is 1.47 bits per heavy atom. The predicted octanol–water partition coefficient (Wildman–Crippen LogP) is 3.44. The molecule has 1 heterocycles. The summed E-state index contributed by atoms with van der Waals surface area (Å²) < 4.78 is 37.6. The fraction of sp³-hybridized carbons (Fsp3) is 0.727. The molecule has 0 amide bonds. The molecule has 0 saturated carbocycles. The smallest absolute Gasteiger partial charge is 0.380 e. The van der Waals surface area contributed by atoms with Gasteiger partial charge in [-0.25, -0.2) is 0 Å². The van der Waals surface area contributed by atoms with Crippen LogP contribution in [0.3, 0.4) is 0 Å². The van der Waals surface area contributed by atoms with E-state index < -0.39 is 12.6 Å². The highest BCUT2D eigenvalue weighted by molar-refractivity contribution is 5.38. The zero-order chi connectivity index (χ0) is 12.9. The topological polar surface area (TPSA) is 29.9 Å². The lowest BCUT2D eigenvalue weighted by molar-refractivity contribution is -0.135. The molecule has 0 bridgehead atoms. The van der Waals surface area contributed by atoms with Gasteiger partial charge in [0.15, 0.2) is 0 Å². The molecule has 1 atom stereocenters. The lowest BCUT2D eigenvalue weighted by Gasteiger charge is -2.14. The summed E-state index contributed by atoms with van der Waals surface area (Å²) in [6.07, 6.45) is -0.583. The molecule has 1 aromatic rings. The highest BCUT2D eigenvalue weighted by Gasteiger charge is 2.26. The van der Waals surface area contributed by atoms with Crippen molar-refractivity contribution in [2.75, 3.05) is 5.32 Å². The molecule has 98 valence electrons. The zero-order valence-corrected chi connectivity index (χ0v) is 10.1. The highest BCUT2D eigenvalue weighted by Crippen LogP contribution is 2.23. The van der Waals surface area contributed by atoms with E-state index in [0.29, 0.717) is 6.42 Å². The Morgan fingerprint density at radius 2 is 2.18 bits per heavy atom. The molecule has 0 radical (unpaired) electrons. The van der Waals surface area contributed by atoms with Crippen LogP contribution in [0.1, 0.15) is 33.1 Å². The molecule has 0 aliphatic heterocycles. The lowest BCUT2D eigenvalue weighted by Crippen LogP contribution is -2.16. The number of hydrogen-bond acceptors (Lipinski definition) is 2. The number of nitrogens with one attached hydrogen (secondary N) is 1. The lowest BCUT2D eigenvalue weighted by atomic mass is 10.1. The molecule has 0 spiro atoms. The monoisotopic (exact) mass is 249 g/mol. The first kappa shape index (κ1) is 13.9. The van der Waals surface area contributed by atoms with Crippen molar-refractivity contribution in [2.45, 2.75) is 51.9 Å². The first-order chi connectivity index (χ1) is 7.90. The van der Waals surface area contributed by atoms with Crippen LogP contribution in [0.25, 0.3) is 0 Å². The molecule has 6 heteroatoms. The summed E-state index contributed by atoms with van der Waals surface area (Å²) in [6, 6.07) is 0.0202. The number of nitrogens with zero attached hydrogens (tertiary/aromatic N) is 2. The summed E-state index contributed by atoms with van der Waals surface area (Å²) >= 11 is 0. The molecule has 3 nitrogen and oxygen atoms in total. The van der Waals surface area contributed by atoms with Crippen molar-refractivity contribution >= 4 is 5.69 Å². The van der Waals surface area contributed by atoms with Crippen molar-refractivity contribution in [1.82, 2.24) is 9.78 Å². The van der Waals surface area contributed by atoms with Crippen molar-refractivity contribution < 1.29 is 13.2 Å². The molecule has 1 N–H and O–H groups in total. The zero-order valence-electron chi connectivity index (χ0n) is 10.1. The average Bonchev–Trinajstić information content (AvgIpc) is 2.63. The van der Waals surface area contributed by atoms with Gasteiger partial charge in [0, 0.05) is 25.2 Å². The Bertz CT molecular complexity index is 333. The number of aryl methyl sites for hydroxylation is 1. The van der Waals surface area contributed by atoms with E-state index in [9.17, 15) is 13.2 Å². The molecule has 0 aliphatic carbocycles. The summed E-state index contributed by atoms with van der Waals surface area (Å²) in [5.74, 6) is 0. The van der Waals surface area contributed by atoms with Gasteiger partial charge in [0.05, 0.1) is 11.9 Å². The first-order valence-corrected chi connectivity index (χ1v) is 5.76. The van der Waals surface area contributed by atoms with E-state index in [1.54, 1.807) is 10.9 Å². The summed E-state index contributed by atoms with van der Waals surface area (Å²) in [4.78, 5) is 0. The Kier molecular flexibility index (Phi) is 4.84. The number of hydrogen-bond donors (Lipinski definition) is 1. The van der Waals surface area contributed by atoms with Crippen LogP contribution < -0.4 is 5.32 Å². The first-order valence-electron chi connectivity index (χ1n) is 5.76. The van der Waals surface area contributed by atoms with Crippen LogP contribution in [0, 0.1) is 0 Å². The molecule has 0 saturated heterocycles. The molecule has 1 unspecified atom stereocenters. The third-order valence-corrected chi connectivity index (χ3v) is 2.47. The maximum atomic E-state index is 11.9. The van der Waals surface area contributed by atoms with Gasteiger partial charge in [-0.15, -0.1) is 0 Å². The number of alkyl halides is 3. The van der Waals surface area contributed by atoms with Gasteiger partial charge in [0.2, 0.25) is 0 Å². The van der Waals surface area contributed by atoms with Gasteiger partial charge in [0.1, 0.15) is 0 Å². The van der Waals surface area contributed by atoms with E-state index in [0.717, 1.165) is 12.2 Å². The third-order valence-electron chi connectivity index (χ3n) is 2.47. The van der Waals surface area contributed by atoms with Gasteiger partial charge < -0.3 is 5.32 Å². The Labute approximate surface area is 99.0 Å². The normalized spacial score (nSPS) is 13.7. The molecule has 0 aromatic carbocycles. The minimum absolute atomic E-state index is 0.0202. The van der Waals surface area contributed by atoms with Crippen LogP contribution in [0.2, 0.25) is 0 Å². The largest absolute Gasteiger partial charge is 0.389 e. The third kappa shape index (κ3) is 5.60. The second kappa shape index (κ2) is 5.93. The summed E-state index contributed by atoms with van der Waals surface area (Å²) in [5.41, 5.74) is 0.853. The van der Waals surface area contributed by atoms with E-state index in [1.165, 1.54) is 0 Å². The van der Waals surface area contributed by atoms with Crippen molar-refractivity contribution in [1.29, 1.82) is 0 Å². The van der Waals surface area contributed by atoms with E-state index >= 15 is 0 Å². The molecular formula is C11H18F3N3. The van der Waals surface area contributed by atoms with Crippen molar-refractivity contribution in [2.24, 2.45) is 0 Å². The summed E-state index contributed by atoms with van der Waals surface area (Å²) in [5, 5.41) is 7.21. The van der Waals surface area contributed by atoms with E-state index in [4.69, 9.17) is 0 Å². The SMILES string of the molecule is CCn1cc(NC(C)CCCC(F)(F)F)cn1. The minimum atomic E-state index is -4.05. The quantitative estimate of drug-likeness (QED) is 0.837. The van der Waals surface area contributed by atoms with Crippen LogP contribution in [-0.2, 0) is 6.54 Å². The van der Waals surface area contributed by atoms with Crippen LogP contribution >= 0.6 is 0 Å². The van der Waals surface area contributed by atoms with E-state index in [1.807, 2.05) is 20.0 Å². The Balaban J connectivity index is 2.27. The predicted molar refractivity (Wildman–Crippen MR) is 60.9 cm³/mol. The van der Waals surface area contributed by atoms with Gasteiger partial charge in [-0.3, -0.25) is 4.68 Å². The fourth-order valence-electron chi connectivity index (χ4n) is 1.58. The van der Waals surface area contributed by atoms with Gasteiger partial charge in [-0.1, -0.05) is 0 Å². The molecule has 0 aliphatic rings. The average molecular weight is 249 g/mol. The Hall–Kier alpha value is -1.20. The number of aromatic nitrogens is 2. The van der Waals surface area contributed by atoms with Crippen LogP contribution in [0.4, 0.5) is 18.9 Å². The summed E-state index contributed by atoms with van der Waals surface area (Å²) in [7, 11) is 0.